The Morgan fingerprint density at radius 3 is 2.31 bits per heavy atom. The van der Waals surface area contributed by atoms with Crippen LogP contribution in [0.25, 0.3) is 0 Å². The zero-order valence-corrected chi connectivity index (χ0v) is 9.29. The van der Waals surface area contributed by atoms with E-state index in [1.807, 2.05) is 20.8 Å². The third-order valence-electron chi connectivity index (χ3n) is 1.66. The van der Waals surface area contributed by atoms with Gasteiger partial charge in [-0.2, -0.15) is 0 Å². The van der Waals surface area contributed by atoms with E-state index < -0.39 is 5.97 Å². The van der Waals surface area contributed by atoms with Crippen LogP contribution in [-0.4, -0.2) is 11.1 Å². The second kappa shape index (κ2) is 3.31. The zero-order valence-electron chi connectivity index (χ0n) is 7.72. The van der Waals surface area contributed by atoms with Crippen molar-refractivity contribution in [2.24, 2.45) is 0 Å². The van der Waals surface area contributed by atoms with Crippen molar-refractivity contribution < 1.29 is 9.90 Å². The molecule has 0 aliphatic rings. The molecule has 2 nitrogen and oxygen atoms in total. The van der Waals surface area contributed by atoms with Gasteiger partial charge in [0.05, 0.1) is 5.56 Å². The molecule has 0 saturated carbocycles. The van der Waals surface area contributed by atoms with Gasteiger partial charge in [0, 0.05) is 4.88 Å². The molecular weight excluding hydrogens is 208 g/mol. The first-order valence-corrected chi connectivity index (χ1v) is 5.05. The smallest absolute Gasteiger partial charge is 0.338 e. The summed E-state index contributed by atoms with van der Waals surface area (Å²) in [7, 11) is 0. The minimum atomic E-state index is -0.961. The lowest BCUT2D eigenvalue weighted by molar-refractivity contribution is 0.0697. The topological polar surface area (TPSA) is 37.3 Å². The molecule has 0 spiro atoms. The number of hydrogen-bond donors (Lipinski definition) is 1. The summed E-state index contributed by atoms with van der Waals surface area (Å²) < 4.78 is 0.359. The van der Waals surface area contributed by atoms with E-state index in [0.29, 0.717) is 4.34 Å². The van der Waals surface area contributed by atoms with Crippen LogP contribution in [0.4, 0.5) is 0 Å². The van der Waals surface area contributed by atoms with Gasteiger partial charge in [-0.15, -0.1) is 11.3 Å². The number of halogens is 1. The summed E-state index contributed by atoms with van der Waals surface area (Å²) in [6.45, 7) is 6.09. The van der Waals surface area contributed by atoms with Gasteiger partial charge in [0.1, 0.15) is 4.34 Å². The van der Waals surface area contributed by atoms with E-state index >= 15 is 0 Å². The molecule has 1 N–H and O–H groups in total. The first kappa shape index (κ1) is 10.5. The summed E-state index contributed by atoms with van der Waals surface area (Å²) >= 11 is 7.12. The summed E-state index contributed by atoms with van der Waals surface area (Å²) in [6, 6.07) is 1.65. The molecule has 0 radical (unpaired) electrons. The Balaban J connectivity index is 3.17. The van der Waals surface area contributed by atoms with E-state index in [1.54, 1.807) is 6.07 Å². The van der Waals surface area contributed by atoms with Crippen molar-refractivity contribution in [3.8, 4) is 0 Å². The van der Waals surface area contributed by atoms with Crippen molar-refractivity contribution in [3.63, 3.8) is 0 Å². The lowest BCUT2D eigenvalue weighted by Gasteiger charge is -2.14. The van der Waals surface area contributed by atoms with Gasteiger partial charge in [0.2, 0.25) is 0 Å². The number of carbonyl (C=O) groups is 1. The lowest BCUT2D eigenvalue weighted by atomic mass is 9.94. The normalized spacial score (nSPS) is 11.7. The number of aromatic carboxylic acids is 1. The van der Waals surface area contributed by atoms with Gasteiger partial charge < -0.3 is 5.11 Å². The third-order valence-corrected chi connectivity index (χ3v) is 3.44. The van der Waals surface area contributed by atoms with Gasteiger partial charge >= 0.3 is 5.97 Å². The Bertz CT molecular complexity index is 336. The van der Waals surface area contributed by atoms with E-state index in [2.05, 4.69) is 0 Å². The van der Waals surface area contributed by atoms with Gasteiger partial charge in [-0.1, -0.05) is 32.4 Å². The predicted octanol–water partition coefficient (Wildman–Crippen LogP) is 3.40. The summed E-state index contributed by atoms with van der Waals surface area (Å²) in [6.07, 6.45) is 0. The number of rotatable bonds is 1. The lowest BCUT2D eigenvalue weighted by Crippen LogP contribution is -2.08. The van der Waals surface area contributed by atoms with Crippen molar-refractivity contribution in [2.45, 2.75) is 26.2 Å². The standard InChI is InChI=1S/C9H11ClO2S/c1-9(2,3)6-4-5(8(11)12)7(10)13-6/h4H,1-3H3,(H,11,12). The Kier molecular flexibility index (Phi) is 2.68. The molecule has 1 aromatic rings. The van der Waals surface area contributed by atoms with E-state index in [-0.39, 0.29) is 11.0 Å². The van der Waals surface area contributed by atoms with E-state index in [4.69, 9.17) is 16.7 Å². The number of carboxylic acids is 1. The van der Waals surface area contributed by atoms with Crippen LogP contribution >= 0.6 is 22.9 Å². The monoisotopic (exact) mass is 218 g/mol. The minimum Gasteiger partial charge on any atom is -0.478 e. The summed E-state index contributed by atoms with van der Waals surface area (Å²) in [4.78, 5) is 11.7. The highest BCUT2D eigenvalue weighted by molar-refractivity contribution is 7.16. The van der Waals surface area contributed by atoms with Crippen LogP contribution in [0.15, 0.2) is 6.07 Å². The van der Waals surface area contributed by atoms with Gasteiger partial charge in [0.15, 0.2) is 0 Å². The molecule has 72 valence electrons. The largest absolute Gasteiger partial charge is 0.478 e. The first-order chi connectivity index (χ1) is 5.82. The van der Waals surface area contributed by atoms with Crippen molar-refractivity contribution in [3.05, 3.63) is 20.8 Å². The van der Waals surface area contributed by atoms with Gasteiger partial charge in [0.25, 0.3) is 0 Å². The molecule has 4 heteroatoms. The van der Waals surface area contributed by atoms with Crippen LogP contribution < -0.4 is 0 Å². The quantitative estimate of drug-likeness (QED) is 0.785. The van der Waals surface area contributed by atoms with Crippen LogP contribution in [0, 0.1) is 0 Å². The van der Waals surface area contributed by atoms with E-state index in [0.717, 1.165) is 4.88 Å². The molecule has 0 unspecified atom stereocenters. The summed E-state index contributed by atoms with van der Waals surface area (Å²) in [5.74, 6) is -0.961. The molecule has 0 aliphatic heterocycles. The third kappa shape index (κ3) is 2.23. The molecule has 1 rings (SSSR count). The van der Waals surface area contributed by atoms with Crippen molar-refractivity contribution >= 4 is 28.9 Å². The van der Waals surface area contributed by atoms with Crippen molar-refractivity contribution in [1.29, 1.82) is 0 Å². The Labute approximate surface area is 86.2 Å². The second-order valence-corrected chi connectivity index (χ2v) is 5.51. The molecule has 0 aromatic carbocycles. The fraction of sp³-hybridized carbons (Fsp3) is 0.444. The SMILES string of the molecule is CC(C)(C)c1cc(C(=O)O)c(Cl)s1. The average Bonchev–Trinajstić information content (AvgIpc) is 2.29. The zero-order chi connectivity index (χ0) is 10.2. The predicted molar refractivity (Wildman–Crippen MR) is 55.0 cm³/mol. The highest BCUT2D eigenvalue weighted by Crippen LogP contribution is 2.35. The first-order valence-electron chi connectivity index (χ1n) is 3.85. The maximum Gasteiger partial charge on any atom is 0.338 e. The molecule has 0 amide bonds. The number of carboxylic acid groups (broad SMARTS) is 1. The molecule has 0 fully saturated rings. The average molecular weight is 219 g/mol. The van der Waals surface area contributed by atoms with E-state index in [1.165, 1.54) is 11.3 Å². The highest BCUT2D eigenvalue weighted by Gasteiger charge is 2.21. The van der Waals surface area contributed by atoms with Gasteiger partial charge in [-0.3, -0.25) is 0 Å². The Hall–Kier alpha value is -0.540. The molecule has 0 saturated heterocycles. The maximum atomic E-state index is 10.7. The number of thiophene rings is 1. The van der Waals surface area contributed by atoms with E-state index in [9.17, 15) is 4.79 Å². The van der Waals surface area contributed by atoms with Crippen LogP contribution in [0.5, 0.6) is 0 Å². The van der Waals surface area contributed by atoms with Crippen LogP contribution in [0.3, 0.4) is 0 Å². The molecule has 0 atom stereocenters. The van der Waals surface area contributed by atoms with Crippen molar-refractivity contribution in [2.75, 3.05) is 0 Å². The molecule has 13 heavy (non-hydrogen) atoms. The van der Waals surface area contributed by atoms with Gasteiger partial charge in [-0.05, 0) is 11.5 Å². The summed E-state index contributed by atoms with van der Waals surface area (Å²) in [5, 5.41) is 8.77. The molecule has 1 heterocycles. The summed E-state index contributed by atoms with van der Waals surface area (Å²) in [5.41, 5.74) is 0.166. The van der Waals surface area contributed by atoms with Crippen molar-refractivity contribution in [1.82, 2.24) is 0 Å². The highest BCUT2D eigenvalue weighted by atomic mass is 35.5. The molecule has 0 bridgehead atoms. The number of hydrogen-bond acceptors (Lipinski definition) is 2. The maximum absolute atomic E-state index is 10.7. The van der Waals surface area contributed by atoms with Crippen LogP contribution in [0.1, 0.15) is 36.0 Å². The molecular formula is C9H11ClO2S. The fourth-order valence-electron chi connectivity index (χ4n) is 0.884. The van der Waals surface area contributed by atoms with Crippen LogP contribution in [-0.2, 0) is 5.41 Å². The second-order valence-electron chi connectivity index (χ2n) is 3.85. The molecule has 0 aliphatic carbocycles. The minimum absolute atomic E-state index is 0.0397. The van der Waals surface area contributed by atoms with Gasteiger partial charge in [-0.25, -0.2) is 4.79 Å². The Morgan fingerprint density at radius 2 is 2.08 bits per heavy atom. The van der Waals surface area contributed by atoms with Crippen LogP contribution in [0.2, 0.25) is 4.34 Å². The Morgan fingerprint density at radius 1 is 1.54 bits per heavy atom. The molecule has 1 aromatic heterocycles. The fourth-order valence-corrected chi connectivity index (χ4v) is 2.20.